The van der Waals surface area contributed by atoms with Crippen molar-refractivity contribution >= 4 is 35.3 Å². The molecule has 1 unspecified atom stereocenters. The van der Waals surface area contributed by atoms with Crippen LogP contribution in [0.2, 0.25) is 0 Å². The molecule has 1 rings (SSSR count). The SMILES string of the molecule is C=C(C[C@H](O)C[C@H]1C[C@@H](O)C[C@@H](C[C@@H](C)CCOB=[PH]=S)O1)CS(C)(=O)=O. The normalized spacial score (nSPS) is 25.7. The van der Waals surface area contributed by atoms with Crippen molar-refractivity contribution in [3.63, 3.8) is 0 Å². The third-order valence-electron chi connectivity index (χ3n) is 4.51. The van der Waals surface area contributed by atoms with Gasteiger partial charge in [-0.3, -0.25) is 0 Å². The first-order valence-electron chi connectivity index (χ1n) is 9.26. The first-order valence-corrected chi connectivity index (χ1v) is 13.5. The van der Waals surface area contributed by atoms with Gasteiger partial charge in [-0.1, -0.05) is 6.58 Å². The Labute approximate surface area is 169 Å². The molecule has 0 aliphatic carbocycles. The number of ether oxygens (including phenoxy) is 1. The number of hydrogen-bond donors (Lipinski definition) is 2. The van der Waals surface area contributed by atoms with Crippen LogP contribution in [-0.2, 0) is 31.0 Å². The summed E-state index contributed by atoms with van der Waals surface area (Å²) in [6.45, 7) is 8.41. The zero-order chi connectivity index (χ0) is 20.4. The van der Waals surface area contributed by atoms with E-state index in [1.54, 1.807) is 6.82 Å². The predicted octanol–water partition coefficient (Wildman–Crippen LogP) is 1.74. The summed E-state index contributed by atoms with van der Waals surface area (Å²) < 4.78 is 34.0. The molecule has 0 aromatic rings. The van der Waals surface area contributed by atoms with Crippen LogP contribution in [0.3, 0.4) is 0 Å². The Morgan fingerprint density at radius 3 is 2.63 bits per heavy atom. The van der Waals surface area contributed by atoms with Gasteiger partial charge in [0.05, 0.1) is 5.75 Å². The van der Waals surface area contributed by atoms with Gasteiger partial charge in [-0.25, -0.2) is 8.42 Å². The molecule has 0 saturated carbocycles. The summed E-state index contributed by atoms with van der Waals surface area (Å²) in [5.74, 6) is 0.270. The van der Waals surface area contributed by atoms with Crippen molar-refractivity contribution in [3.8, 4) is 0 Å². The molecule has 1 heterocycles. The molecule has 0 amide bonds. The Bertz CT molecular complexity index is 623. The molecule has 10 heteroatoms. The monoisotopic (exact) mass is 438 g/mol. The van der Waals surface area contributed by atoms with Crippen LogP contribution in [0.15, 0.2) is 12.2 Å². The van der Waals surface area contributed by atoms with Gasteiger partial charge < -0.3 is 0 Å². The molecular weight excluding hydrogens is 406 g/mol. The number of rotatable bonds is 12. The van der Waals surface area contributed by atoms with Crippen LogP contribution < -0.4 is 0 Å². The van der Waals surface area contributed by atoms with Crippen LogP contribution >= 0.6 is 6.85 Å². The average molecular weight is 438 g/mol. The fraction of sp³-hybridized carbons (Fsp3) is 0.882. The summed E-state index contributed by atoms with van der Waals surface area (Å²) in [4.78, 5) is 0. The maximum atomic E-state index is 11.3. The Morgan fingerprint density at radius 1 is 1.41 bits per heavy atom. The van der Waals surface area contributed by atoms with Gasteiger partial charge in [-0.05, 0) is 0 Å². The third-order valence-corrected chi connectivity index (χ3v) is 5.99. The van der Waals surface area contributed by atoms with Crippen LogP contribution in [0.5, 0.6) is 0 Å². The van der Waals surface area contributed by atoms with Gasteiger partial charge in [0, 0.05) is 6.26 Å². The van der Waals surface area contributed by atoms with Crippen molar-refractivity contribution < 1.29 is 28.0 Å². The van der Waals surface area contributed by atoms with E-state index in [2.05, 4.69) is 13.5 Å². The Hall–Kier alpha value is 0.115. The molecule has 0 aromatic heterocycles. The fourth-order valence-corrected chi connectivity index (χ4v) is 4.72. The van der Waals surface area contributed by atoms with Crippen LogP contribution in [0.25, 0.3) is 0 Å². The van der Waals surface area contributed by atoms with Gasteiger partial charge in [0.1, 0.15) is 0 Å². The molecule has 6 atom stereocenters. The van der Waals surface area contributed by atoms with E-state index in [9.17, 15) is 18.6 Å². The van der Waals surface area contributed by atoms with E-state index < -0.39 is 22.0 Å². The van der Waals surface area contributed by atoms with E-state index in [-0.39, 0.29) is 31.2 Å². The Kier molecular flexibility index (Phi) is 11.8. The first kappa shape index (κ1) is 25.2. The van der Waals surface area contributed by atoms with Gasteiger partial charge in [-0.15, -0.1) is 0 Å². The standard InChI is InChI=1S/C17H32BO6PS2/c1-12(4-5-23-18-25-26)7-16-9-15(20)10-17(24-16)8-14(19)6-13(2)11-27(3,21)22/h12,14-17,19-20,25H,2,4-11H2,1,3H3/t12-,14-,15-,16+,17-/m0/s1. The van der Waals surface area contributed by atoms with E-state index in [1.165, 1.54) is 0 Å². The van der Waals surface area contributed by atoms with Crippen LogP contribution in [0, 0.1) is 5.92 Å². The second kappa shape index (κ2) is 12.6. The number of sulfone groups is 1. The van der Waals surface area contributed by atoms with E-state index >= 15 is 0 Å². The van der Waals surface area contributed by atoms with Crippen LogP contribution in [-0.4, -0.2) is 68.5 Å². The summed E-state index contributed by atoms with van der Waals surface area (Å²) in [7, 11) is -3.14. The number of aliphatic hydroxyl groups is 2. The van der Waals surface area contributed by atoms with Crippen molar-refractivity contribution in [2.45, 2.75) is 69.9 Å². The van der Waals surface area contributed by atoms with Crippen molar-refractivity contribution in [2.24, 2.45) is 5.92 Å². The Balaban J connectivity index is 2.43. The van der Waals surface area contributed by atoms with Gasteiger partial charge in [-0.2, -0.15) is 0 Å². The van der Waals surface area contributed by atoms with Gasteiger partial charge >= 0.3 is 133 Å². The smallest absolute Gasteiger partial charge is 0.151 e. The summed E-state index contributed by atoms with van der Waals surface area (Å²) in [6.07, 6.45) is 3.07. The predicted molar refractivity (Wildman–Crippen MR) is 114 cm³/mol. The molecule has 0 spiro atoms. The molecule has 2 N–H and O–H groups in total. The third kappa shape index (κ3) is 12.3. The maximum absolute atomic E-state index is 11.3. The minimum absolute atomic E-state index is 0.0509. The molecule has 1 aliphatic rings. The van der Waals surface area contributed by atoms with Crippen LogP contribution in [0.4, 0.5) is 0 Å². The maximum Gasteiger partial charge on any atom is 0.151 e. The van der Waals surface area contributed by atoms with Gasteiger partial charge in [0.15, 0.2) is 9.84 Å². The second-order valence-electron chi connectivity index (χ2n) is 7.66. The van der Waals surface area contributed by atoms with Crippen molar-refractivity contribution in [1.82, 2.24) is 0 Å². The molecule has 27 heavy (non-hydrogen) atoms. The summed E-state index contributed by atoms with van der Waals surface area (Å²) in [6, 6.07) is 0. The number of aliphatic hydroxyl groups excluding tert-OH is 2. The van der Waals surface area contributed by atoms with E-state index in [0.717, 1.165) is 19.1 Å². The molecule has 0 radical (unpaired) electrons. The second-order valence-corrected chi connectivity index (χ2v) is 11.0. The van der Waals surface area contributed by atoms with Crippen molar-refractivity contribution in [2.75, 3.05) is 18.6 Å². The molecule has 156 valence electrons. The summed E-state index contributed by atoms with van der Waals surface area (Å²) in [5.41, 5.74) is 0.489. The quantitative estimate of drug-likeness (QED) is 0.208. The van der Waals surface area contributed by atoms with Gasteiger partial charge in [0.2, 0.25) is 0 Å². The zero-order valence-electron chi connectivity index (χ0n) is 16.2. The van der Waals surface area contributed by atoms with E-state index in [1.807, 2.05) is 0 Å². The molecule has 0 aromatic carbocycles. The zero-order valence-corrected chi connectivity index (χ0v) is 18.8. The van der Waals surface area contributed by atoms with E-state index in [4.69, 9.17) is 21.2 Å². The van der Waals surface area contributed by atoms with Crippen molar-refractivity contribution in [3.05, 3.63) is 12.2 Å². The molecule has 1 aliphatic heterocycles. The molecule has 1 saturated heterocycles. The van der Waals surface area contributed by atoms with Gasteiger partial charge in [0.25, 0.3) is 0 Å². The average Bonchev–Trinajstić information content (AvgIpc) is 2.48. The number of hydrogen-bond acceptors (Lipinski definition) is 7. The largest absolute Gasteiger partial charge is 0.229 e. The molecule has 1 fully saturated rings. The first-order chi connectivity index (χ1) is 12.6. The molecular formula is C17H32BO6PS2. The van der Waals surface area contributed by atoms with Crippen molar-refractivity contribution in [1.29, 1.82) is 0 Å². The molecule has 0 bridgehead atoms. The van der Waals surface area contributed by atoms with E-state index in [0.29, 0.717) is 37.4 Å². The minimum atomic E-state index is -3.14. The Morgan fingerprint density at radius 2 is 2.04 bits per heavy atom. The minimum Gasteiger partial charge on any atom is -0.229 e. The van der Waals surface area contributed by atoms with Crippen LogP contribution in [0.1, 0.15) is 45.4 Å². The topological polar surface area (TPSA) is 93.1 Å². The summed E-state index contributed by atoms with van der Waals surface area (Å²) >= 11 is 4.82. The molecule has 6 nitrogen and oxygen atoms in total. The summed E-state index contributed by atoms with van der Waals surface area (Å²) in [5, 5.41) is 20.4. The fourth-order valence-electron chi connectivity index (χ4n) is 3.47.